The first-order valence-electron chi connectivity index (χ1n) is 23.3. The molecule has 0 unspecified atom stereocenters. The summed E-state index contributed by atoms with van der Waals surface area (Å²) in [6.45, 7) is 23.0. The third-order valence-corrected chi connectivity index (χ3v) is 25.5. The van der Waals surface area contributed by atoms with Crippen molar-refractivity contribution in [3.05, 3.63) is 137 Å². The Balaban J connectivity index is 0.000000267. The molecule has 0 aliphatic carbocycles. The highest BCUT2D eigenvalue weighted by atomic mass is 32.2. The van der Waals surface area contributed by atoms with Crippen molar-refractivity contribution >= 4 is 42.8 Å². The van der Waals surface area contributed by atoms with E-state index in [0.29, 0.717) is 47.8 Å². The molecule has 0 radical (unpaired) electrons. The first-order chi connectivity index (χ1) is 33.5. The SMILES string of the molecule is CN(C)S(=O)(=O)c1ccc(-n2cc(/C=C/CO[Si](C)(C)C(C)(C)C)nc(-c3cncnc3)c2=O)cc1.CN(C)S(=O)(=O)c1ccc(-n2cc(CCCO[Si](C)(C)C(C)(C)C)nc(-c3cncnc3)c2=O)cc1. The predicted octanol–water partition coefficient (Wildman–Crippen LogP) is 7.87. The molecule has 2 aromatic carbocycles. The molecule has 22 heteroatoms. The van der Waals surface area contributed by atoms with Gasteiger partial charge in [-0.25, -0.2) is 55.3 Å². The molecule has 18 nitrogen and oxygen atoms in total. The van der Waals surface area contributed by atoms with Crippen LogP contribution >= 0.6 is 0 Å². The van der Waals surface area contributed by atoms with E-state index in [9.17, 15) is 26.4 Å². The average molecular weight is 1060 g/mol. The van der Waals surface area contributed by atoms with Crippen LogP contribution in [0.4, 0.5) is 0 Å². The topological polar surface area (TPSA) is 215 Å². The van der Waals surface area contributed by atoms with Gasteiger partial charge in [-0.15, -0.1) is 0 Å². The third-order valence-electron chi connectivity index (χ3n) is 12.8. The molecule has 6 rings (SSSR count). The van der Waals surface area contributed by atoms with E-state index in [1.165, 1.54) is 86.6 Å². The van der Waals surface area contributed by atoms with Crippen molar-refractivity contribution < 1.29 is 25.7 Å². The molecular weight excluding hydrogens is 989 g/mol. The number of nitrogens with zero attached hydrogens (tertiary/aromatic N) is 10. The van der Waals surface area contributed by atoms with Crippen LogP contribution in [-0.4, -0.2) is 123 Å². The van der Waals surface area contributed by atoms with Gasteiger partial charge >= 0.3 is 0 Å². The Morgan fingerprint density at radius 3 is 1.42 bits per heavy atom. The predicted molar refractivity (Wildman–Crippen MR) is 287 cm³/mol. The van der Waals surface area contributed by atoms with E-state index in [1.54, 1.807) is 55.1 Å². The van der Waals surface area contributed by atoms with Gasteiger partial charge in [0.15, 0.2) is 16.6 Å². The summed E-state index contributed by atoms with van der Waals surface area (Å²) < 4.78 is 67.5. The molecule has 0 amide bonds. The van der Waals surface area contributed by atoms with Gasteiger partial charge in [-0.05, 0) is 104 Å². The van der Waals surface area contributed by atoms with Gasteiger partial charge in [-0.1, -0.05) is 47.6 Å². The molecule has 0 fully saturated rings. The van der Waals surface area contributed by atoms with E-state index in [0.717, 1.165) is 20.7 Å². The summed E-state index contributed by atoms with van der Waals surface area (Å²) in [7, 11) is -5.02. The number of hydrogen-bond acceptors (Lipinski definition) is 14. The van der Waals surface area contributed by atoms with Gasteiger partial charge in [0.25, 0.3) is 11.1 Å². The van der Waals surface area contributed by atoms with E-state index in [4.69, 9.17) is 8.85 Å². The molecule has 0 atom stereocenters. The van der Waals surface area contributed by atoms with Crippen molar-refractivity contribution in [1.29, 1.82) is 0 Å². The van der Waals surface area contributed by atoms with E-state index in [2.05, 4.69) is 97.6 Å². The van der Waals surface area contributed by atoms with Gasteiger partial charge in [-0.2, -0.15) is 0 Å². The number of benzene rings is 2. The Morgan fingerprint density at radius 2 is 1.00 bits per heavy atom. The van der Waals surface area contributed by atoms with E-state index < -0.39 is 36.7 Å². The van der Waals surface area contributed by atoms with Crippen LogP contribution in [0.3, 0.4) is 0 Å². The molecule has 4 heterocycles. The van der Waals surface area contributed by atoms with Gasteiger partial charge < -0.3 is 8.85 Å². The van der Waals surface area contributed by atoms with Gasteiger partial charge in [-0.3, -0.25) is 18.7 Å². The lowest BCUT2D eigenvalue weighted by Crippen LogP contribution is -2.41. The van der Waals surface area contributed by atoms with Crippen LogP contribution in [0.2, 0.25) is 36.3 Å². The van der Waals surface area contributed by atoms with Gasteiger partial charge in [0, 0.05) is 94.5 Å². The van der Waals surface area contributed by atoms with Crippen LogP contribution in [-0.2, 0) is 35.3 Å². The van der Waals surface area contributed by atoms with Crippen LogP contribution in [0, 0.1) is 0 Å². The number of aryl methyl sites for hydroxylation is 1. The molecule has 0 spiro atoms. The number of rotatable bonds is 17. The van der Waals surface area contributed by atoms with Crippen molar-refractivity contribution in [3.63, 3.8) is 0 Å². The number of aromatic nitrogens is 8. The van der Waals surface area contributed by atoms with Crippen LogP contribution < -0.4 is 11.1 Å². The minimum absolute atomic E-state index is 0.0963. The molecule has 4 aromatic heterocycles. The maximum absolute atomic E-state index is 13.4. The van der Waals surface area contributed by atoms with Crippen LogP contribution in [0.5, 0.6) is 0 Å². The van der Waals surface area contributed by atoms with E-state index in [1.807, 2.05) is 6.08 Å². The Bertz CT molecular complexity index is 3180. The molecule has 0 saturated heterocycles. The molecule has 6 aromatic rings. The zero-order chi connectivity index (χ0) is 53.5. The monoisotopic (exact) mass is 1060 g/mol. The molecule has 0 aliphatic rings. The highest BCUT2D eigenvalue weighted by molar-refractivity contribution is 7.89. The number of hydrogen-bond donors (Lipinski definition) is 0. The second kappa shape index (κ2) is 23.0. The second-order valence-electron chi connectivity index (χ2n) is 20.4. The highest BCUT2D eigenvalue weighted by Gasteiger charge is 2.37. The lowest BCUT2D eigenvalue weighted by atomic mass is 10.2. The molecule has 386 valence electrons. The van der Waals surface area contributed by atoms with Crippen molar-refractivity contribution in [2.75, 3.05) is 41.4 Å². The summed E-state index contributed by atoms with van der Waals surface area (Å²) in [5, 5.41) is 0.226. The third kappa shape index (κ3) is 13.9. The maximum Gasteiger partial charge on any atom is 0.281 e. The summed E-state index contributed by atoms with van der Waals surface area (Å²) >= 11 is 0. The Labute approximate surface area is 426 Å². The lowest BCUT2D eigenvalue weighted by molar-refractivity contribution is 0.282. The van der Waals surface area contributed by atoms with Crippen molar-refractivity contribution in [2.45, 2.75) is 100 Å². The molecule has 0 saturated carbocycles. The summed E-state index contributed by atoms with van der Waals surface area (Å²) in [5.41, 5.74) is 3.02. The molecule has 0 bridgehead atoms. The summed E-state index contributed by atoms with van der Waals surface area (Å²) in [6.07, 6.45) is 17.3. The van der Waals surface area contributed by atoms with Crippen LogP contribution in [0.25, 0.3) is 40.0 Å². The fraction of sp³-hybridized carbons (Fsp3) is 0.400. The first kappa shape index (κ1) is 57.2. The average Bonchev–Trinajstić information content (AvgIpc) is 3.32. The first-order valence-corrected chi connectivity index (χ1v) is 31.9. The lowest BCUT2D eigenvalue weighted by Gasteiger charge is -2.36. The summed E-state index contributed by atoms with van der Waals surface area (Å²) in [4.78, 5) is 52.3. The van der Waals surface area contributed by atoms with Crippen molar-refractivity contribution in [1.82, 2.24) is 47.6 Å². The minimum atomic E-state index is -3.59. The van der Waals surface area contributed by atoms with Gasteiger partial charge in [0.05, 0.1) is 27.8 Å². The standard InChI is InChI=1S/C25H35N5O4SSi.C25H33N5O4SSi/c2*1-25(2,3)36(6,7)34-14-8-9-20-17-30(24(31)23(28-20)19-15-26-18-27-16-19)21-10-12-22(13-11-21)35(32,33)29(4)5/h10-13,15-18H,8-9,14H2,1-7H3;8-13,15-18H,14H2,1-7H3/b;9-8+. The zero-order valence-corrected chi connectivity index (χ0v) is 47.4. The Hall–Kier alpha value is -5.73. The Morgan fingerprint density at radius 1 is 0.597 bits per heavy atom. The molecule has 72 heavy (non-hydrogen) atoms. The highest BCUT2D eigenvalue weighted by Crippen LogP contribution is 2.37. The van der Waals surface area contributed by atoms with Crippen LogP contribution in [0.1, 0.15) is 59.4 Å². The molecule has 0 aliphatic heterocycles. The molecular formula is C50H68N10O8S2Si2. The quantitative estimate of drug-likeness (QED) is 0.0628. The number of sulfonamides is 2. The largest absolute Gasteiger partial charge is 0.417 e. The van der Waals surface area contributed by atoms with E-state index in [-0.39, 0.29) is 42.4 Å². The zero-order valence-electron chi connectivity index (χ0n) is 43.8. The fourth-order valence-corrected chi connectivity index (χ4v) is 10.1. The fourth-order valence-electron chi connectivity index (χ4n) is 6.27. The van der Waals surface area contributed by atoms with Crippen molar-refractivity contribution in [3.8, 4) is 33.9 Å². The van der Waals surface area contributed by atoms with Gasteiger partial charge in [0.1, 0.15) is 24.0 Å². The summed E-state index contributed by atoms with van der Waals surface area (Å²) in [5.74, 6) is 0. The molecule has 0 N–H and O–H groups in total. The van der Waals surface area contributed by atoms with Gasteiger partial charge in [0.2, 0.25) is 20.0 Å². The summed E-state index contributed by atoms with van der Waals surface area (Å²) in [6, 6.07) is 12.4. The maximum atomic E-state index is 13.4. The van der Waals surface area contributed by atoms with E-state index >= 15 is 0 Å². The Kier molecular flexibility index (Phi) is 18.3. The smallest absolute Gasteiger partial charge is 0.281 e. The van der Waals surface area contributed by atoms with Crippen LogP contribution in [0.15, 0.2) is 124 Å². The van der Waals surface area contributed by atoms with Crippen molar-refractivity contribution in [2.24, 2.45) is 0 Å². The normalized spacial score (nSPS) is 12.9. The minimum Gasteiger partial charge on any atom is -0.417 e. The second-order valence-corrected chi connectivity index (χ2v) is 34.4.